The molecule has 1 unspecified atom stereocenters. The summed E-state index contributed by atoms with van der Waals surface area (Å²) in [6, 6.07) is 0. The molecule has 1 aliphatic heterocycles. The maximum atomic E-state index is 11.9. The van der Waals surface area contributed by atoms with Crippen LogP contribution in [-0.4, -0.2) is 55.7 Å². The standard InChI is InChI=1S/C10H13NO5S2/c12-5-6(13)4-7-9(16)11(10(17)18-7)3-1-2-8(14)15/h4,6,12-13H,1-3,5H2,(H,14,15)/b7-4-. The Morgan fingerprint density at radius 1 is 1.56 bits per heavy atom. The average molecular weight is 291 g/mol. The molecule has 1 saturated heterocycles. The number of rotatable bonds is 6. The van der Waals surface area contributed by atoms with E-state index in [2.05, 4.69) is 0 Å². The number of hydrogen-bond acceptors (Lipinski definition) is 6. The third kappa shape index (κ3) is 4.05. The molecule has 0 aliphatic carbocycles. The van der Waals surface area contributed by atoms with Crippen molar-refractivity contribution in [2.45, 2.75) is 18.9 Å². The lowest BCUT2D eigenvalue weighted by Gasteiger charge is -2.13. The predicted octanol–water partition coefficient (Wildman–Crippen LogP) is -0.0514. The second kappa shape index (κ2) is 6.83. The average Bonchev–Trinajstić information content (AvgIpc) is 2.56. The minimum atomic E-state index is -1.10. The van der Waals surface area contributed by atoms with Crippen LogP contribution in [-0.2, 0) is 9.59 Å². The van der Waals surface area contributed by atoms with Gasteiger partial charge in [-0.2, -0.15) is 0 Å². The Kier molecular flexibility index (Phi) is 5.73. The largest absolute Gasteiger partial charge is 0.481 e. The fourth-order valence-corrected chi connectivity index (χ4v) is 2.66. The summed E-state index contributed by atoms with van der Waals surface area (Å²) in [5.41, 5.74) is 0. The van der Waals surface area contributed by atoms with Crippen molar-refractivity contribution in [3.05, 3.63) is 11.0 Å². The van der Waals surface area contributed by atoms with Gasteiger partial charge in [-0.15, -0.1) is 0 Å². The van der Waals surface area contributed by atoms with Gasteiger partial charge in [0.2, 0.25) is 0 Å². The van der Waals surface area contributed by atoms with E-state index in [0.717, 1.165) is 11.8 Å². The van der Waals surface area contributed by atoms with Crippen LogP contribution in [0.1, 0.15) is 12.8 Å². The fourth-order valence-electron chi connectivity index (χ4n) is 1.32. The Labute approximate surface area is 113 Å². The molecule has 1 heterocycles. The fraction of sp³-hybridized carbons (Fsp3) is 0.500. The summed E-state index contributed by atoms with van der Waals surface area (Å²) in [6.07, 6.45) is 0.432. The molecule has 0 bridgehead atoms. The number of hydrogen-bond donors (Lipinski definition) is 3. The van der Waals surface area contributed by atoms with Gasteiger partial charge < -0.3 is 15.3 Å². The van der Waals surface area contributed by atoms with Crippen LogP contribution in [0, 0.1) is 0 Å². The van der Waals surface area contributed by atoms with Crippen LogP contribution in [0.5, 0.6) is 0 Å². The number of nitrogens with zero attached hydrogens (tertiary/aromatic N) is 1. The second-order valence-corrected chi connectivity index (χ2v) is 5.28. The first-order chi connectivity index (χ1) is 8.45. The van der Waals surface area contributed by atoms with Crippen molar-refractivity contribution in [2.75, 3.05) is 13.2 Å². The summed E-state index contributed by atoms with van der Waals surface area (Å²) in [5, 5.41) is 26.4. The zero-order valence-corrected chi connectivity index (χ0v) is 11.0. The van der Waals surface area contributed by atoms with Crippen LogP contribution >= 0.6 is 24.0 Å². The number of carbonyl (C=O) groups excluding carboxylic acids is 1. The number of aliphatic carboxylic acids is 1. The van der Waals surface area contributed by atoms with E-state index in [0.29, 0.717) is 10.7 Å². The first-order valence-electron chi connectivity index (χ1n) is 5.22. The van der Waals surface area contributed by atoms with E-state index in [-0.39, 0.29) is 23.8 Å². The number of amides is 1. The number of thiocarbonyl (C=S) groups is 1. The summed E-state index contributed by atoms with van der Waals surface area (Å²) in [6.45, 7) is -0.230. The molecule has 0 aromatic rings. The number of carbonyl (C=O) groups is 2. The van der Waals surface area contributed by atoms with Crippen LogP contribution < -0.4 is 0 Å². The zero-order chi connectivity index (χ0) is 13.7. The minimum absolute atomic E-state index is 0.0324. The highest BCUT2D eigenvalue weighted by Gasteiger charge is 2.31. The topological polar surface area (TPSA) is 98.1 Å². The van der Waals surface area contributed by atoms with Crippen LogP contribution in [0.25, 0.3) is 0 Å². The third-order valence-electron chi connectivity index (χ3n) is 2.18. The van der Waals surface area contributed by atoms with Gasteiger partial charge in [-0.05, 0) is 12.5 Å². The summed E-state index contributed by atoms with van der Waals surface area (Å²) < 4.78 is 0.335. The van der Waals surface area contributed by atoms with Crippen LogP contribution in [0.4, 0.5) is 0 Å². The lowest BCUT2D eigenvalue weighted by atomic mass is 10.3. The van der Waals surface area contributed by atoms with Crippen molar-refractivity contribution in [3.63, 3.8) is 0 Å². The van der Waals surface area contributed by atoms with Gasteiger partial charge in [-0.1, -0.05) is 24.0 Å². The molecule has 0 aromatic carbocycles. The van der Waals surface area contributed by atoms with E-state index in [4.69, 9.17) is 22.4 Å². The molecule has 1 aliphatic rings. The minimum Gasteiger partial charge on any atom is -0.481 e. The molecular formula is C10H13NO5S2. The number of carboxylic acids is 1. The van der Waals surface area contributed by atoms with E-state index in [1.54, 1.807) is 0 Å². The quantitative estimate of drug-likeness (QED) is 0.466. The monoisotopic (exact) mass is 291 g/mol. The van der Waals surface area contributed by atoms with E-state index in [1.165, 1.54) is 11.0 Å². The Hall–Kier alpha value is -0.960. The number of thioether (sulfide) groups is 1. The van der Waals surface area contributed by atoms with E-state index < -0.39 is 18.7 Å². The van der Waals surface area contributed by atoms with Gasteiger partial charge >= 0.3 is 5.97 Å². The highest BCUT2D eigenvalue weighted by atomic mass is 32.2. The number of aliphatic hydroxyl groups is 2. The van der Waals surface area contributed by atoms with Gasteiger partial charge in [0.25, 0.3) is 5.91 Å². The lowest BCUT2D eigenvalue weighted by molar-refractivity contribution is -0.137. The van der Waals surface area contributed by atoms with Crippen LogP contribution in [0.2, 0.25) is 0 Å². The Morgan fingerprint density at radius 3 is 2.78 bits per heavy atom. The molecule has 100 valence electrons. The molecule has 0 aromatic heterocycles. The summed E-state index contributed by atoms with van der Waals surface area (Å²) in [4.78, 5) is 23.8. The van der Waals surface area contributed by atoms with E-state index in [9.17, 15) is 14.7 Å². The smallest absolute Gasteiger partial charge is 0.303 e. The number of aliphatic hydroxyl groups excluding tert-OH is 2. The van der Waals surface area contributed by atoms with Crippen molar-refractivity contribution in [2.24, 2.45) is 0 Å². The Balaban J connectivity index is 2.61. The maximum absolute atomic E-state index is 11.9. The van der Waals surface area contributed by atoms with Crippen molar-refractivity contribution in [3.8, 4) is 0 Å². The summed E-state index contributed by atoms with van der Waals surface area (Å²) >= 11 is 6.03. The highest BCUT2D eigenvalue weighted by molar-refractivity contribution is 8.26. The van der Waals surface area contributed by atoms with Gasteiger partial charge in [-0.3, -0.25) is 14.5 Å². The van der Waals surface area contributed by atoms with Gasteiger partial charge in [0, 0.05) is 13.0 Å². The Morgan fingerprint density at radius 2 is 2.22 bits per heavy atom. The van der Waals surface area contributed by atoms with Crippen molar-refractivity contribution >= 4 is 40.2 Å². The lowest BCUT2D eigenvalue weighted by Crippen LogP contribution is -2.29. The molecular weight excluding hydrogens is 278 g/mol. The van der Waals surface area contributed by atoms with Gasteiger partial charge in [0.05, 0.1) is 17.6 Å². The third-order valence-corrected chi connectivity index (χ3v) is 3.57. The van der Waals surface area contributed by atoms with E-state index in [1.807, 2.05) is 0 Å². The van der Waals surface area contributed by atoms with E-state index >= 15 is 0 Å². The van der Waals surface area contributed by atoms with Gasteiger partial charge in [0.15, 0.2) is 0 Å². The molecule has 8 heteroatoms. The molecule has 18 heavy (non-hydrogen) atoms. The predicted molar refractivity (Wildman–Crippen MR) is 69.9 cm³/mol. The molecule has 0 saturated carbocycles. The first-order valence-corrected chi connectivity index (χ1v) is 6.44. The van der Waals surface area contributed by atoms with Gasteiger partial charge in [0.1, 0.15) is 4.32 Å². The van der Waals surface area contributed by atoms with Crippen molar-refractivity contribution in [1.29, 1.82) is 0 Å². The molecule has 3 N–H and O–H groups in total. The molecule has 1 atom stereocenters. The summed E-state index contributed by atoms with van der Waals surface area (Å²) in [5.74, 6) is -1.28. The molecule has 0 spiro atoms. The maximum Gasteiger partial charge on any atom is 0.303 e. The molecule has 6 nitrogen and oxygen atoms in total. The van der Waals surface area contributed by atoms with Crippen LogP contribution in [0.3, 0.4) is 0 Å². The SMILES string of the molecule is O=C(O)CCCN1C(=O)/C(=C/C(O)CO)SC1=S. The molecule has 1 fully saturated rings. The molecule has 0 radical (unpaired) electrons. The van der Waals surface area contributed by atoms with Crippen molar-refractivity contribution in [1.82, 2.24) is 4.90 Å². The zero-order valence-electron chi connectivity index (χ0n) is 9.40. The highest BCUT2D eigenvalue weighted by Crippen LogP contribution is 2.31. The number of carboxylic acid groups (broad SMARTS) is 1. The Bertz CT molecular complexity index is 396. The normalized spacial score (nSPS) is 19.7. The first kappa shape index (κ1) is 15.1. The molecule has 1 amide bonds. The van der Waals surface area contributed by atoms with Crippen LogP contribution in [0.15, 0.2) is 11.0 Å². The van der Waals surface area contributed by atoms with Gasteiger partial charge in [-0.25, -0.2) is 0 Å². The van der Waals surface area contributed by atoms with Crippen molar-refractivity contribution < 1.29 is 24.9 Å². The second-order valence-electron chi connectivity index (χ2n) is 3.60. The summed E-state index contributed by atoms with van der Waals surface area (Å²) in [7, 11) is 0. The molecule has 1 rings (SSSR count).